The van der Waals surface area contributed by atoms with Gasteiger partial charge in [0, 0.05) is 43.2 Å². The molecule has 2 aliphatic heterocycles. The van der Waals surface area contributed by atoms with E-state index < -0.39 is 5.82 Å². The number of carbonyl (C=O) groups excluding carboxylic acids is 2. The summed E-state index contributed by atoms with van der Waals surface area (Å²) in [5.74, 6) is -0.478. The van der Waals surface area contributed by atoms with E-state index in [1.807, 2.05) is 9.80 Å². The van der Waals surface area contributed by atoms with Gasteiger partial charge in [0.1, 0.15) is 5.82 Å². The molecule has 0 saturated carbocycles. The SMILES string of the molecule is Cc1ccc(CN2CCN(C3CCN(C(=O)Nc4ccc(Br)cc4F)CC3)C2=O)cc1. The van der Waals surface area contributed by atoms with Gasteiger partial charge in [-0.15, -0.1) is 0 Å². The predicted octanol–water partition coefficient (Wildman–Crippen LogP) is 4.83. The number of benzene rings is 2. The summed E-state index contributed by atoms with van der Waals surface area (Å²) in [6, 6.07) is 12.7. The average Bonchev–Trinajstić information content (AvgIpc) is 3.12. The Bertz CT molecular complexity index is 961. The van der Waals surface area contributed by atoms with Crippen LogP contribution in [0, 0.1) is 12.7 Å². The van der Waals surface area contributed by atoms with E-state index in [-0.39, 0.29) is 23.8 Å². The third-order valence-corrected chi connectivity index (χ3v) is 6.48. The number of hydrogen-bond acceptors (Lipinski definition) is 2. The van der Waals surface area contributed by atoms with Crippen LogP contribution in [0.2, 0.25) is 0 Å². The second kappa shape index (κ2) is 9.26. The monoisotopic (exact) mass is 488 g/mol. The zero-order valence-electron chi connectivity index (χ0n) is 17.5. The van der Waals surface area contributed by atoms with Gasteiger partial charge in [-0.3, -0.25) is 0 Å². The molecule has 2 saturated heterocycles. The van der Waals surface area contributed by atoms with E-state index in [1.165, 1.54) is 17.7 Å². The lowest BCUT2D eigenvalue weighted by atomic mass is 10.0. The van der Waals surface area contributed by atoms with Gasteiger partial charge < -0.3 is 20.0 Å². The molecule has 2 heterocycles. The Morgan fingerprint density at radius 2 is 1.81 bits per heavy atom. The summed E-state index contributed by atoms with van der Waals surface area (Å²) in [5, 5.41) is 2.64. The van der Waals surface area contributed by atoms with E-state index in [0.717, 1.165) is 24.9 Å². The first kappa shape index (κ1) is 21.6. The normalized spacial score (nSPS) is 17.4. The number of piperidine rings is 1. The van der Waals surface area contributed by atoms with Gasteiger partial charge in [-0.25, -0.2) is 14.0 Å². The third kappa shape index (κ3) is 5.01. The van der Waals surface area contributed by atoms with Crippen LogP contribution in [0.3, 0.4) is 0 Å². The minimum Gasteiger partial charge on any atom is -0.324 e. The quantitative estimate of drug-likeness (QED) is 0.669. The standard InChI is InChI=1S/C23H26BrFN4O2/c1-16-2-4-17(5-3-16)15-28-12-13-29(23(28)31)19-8-10-27(11-9-19)22(30)26-21-7-6-18(24)14-20(21)25/h2-7,14,19H,8-13,15H2,1H3,(H,26,30). The van der Waals surface area contributed by atoms with Crippen molar-refractivity contribution in [2.45, 2.75) is 32.4 Å². The largest absolute Gasteiger partial charge is 0.324 e. The highest BCUT2D eigenvalue weighted by atomic mass is 79.9. The Hall–Kier alpha value is -2.61. The minimum absolute atomic E-state index is 0.0698. The van der Waals surface area contributed by atoms with Crippen molar-refractivity contribution >= 4 is 33.7 Å². The van der Waals surface area contributed by atoms with Gasteiger partial charge in [0.25, 0.3) is 0 Å². The van der Waals surface area contributed by atoms with Crippen LogP contribution < -0.4 is 5.32 Å². The van der Waals surface area contributed by atoms with E-state index in [4.69, 9.17) is 0 Å². The molecule has 6 nitrogen and oxygen atoms in total. The van der Waals surface area contributed by atoms with E-state index in [0.29, 0.717) is 30.7 Å². The number of nitrogens with one attached hydrogen (secondary N) is 1. The number of urea groups is 2. The molecule has 4 rings (SSSR count). The van der Waals surface area contributed by atoms with Crippen LogP contribution >= 0.6 is 15.9 Å². The van der Waals surface area contributed by atoms with Crippen LogP contribution in [0.15, 0.2) is 46.9 Å². The fraction of sp³-hybridized carbons (Fsp3) is 0.391. The number of likely N-dealkylation sites (tertiary alicyclic amines) is 1. The van der Waals surface area contributed by atoms with Gasteiger partial charge >= 0.3 is 12.1 Å². The summed E-state index contributed by atoms with van der Waals surface area (Å²) < 4.78 is 14.6. The summed E-state index contributed by atoms with van der Waals surface area (Å²) in [4.78, 5) is 30.9. The third-order valence-electron chi connectivity index (χ3n) is 5.99. The highest BCUT2D eigenvalue weighted by Crippen LogP contribution is 2.24. The van der Waals surface area contributed by atoms with Crippen LogP contribution in [0.4, 0.5) is 19.7 Å². The minimum atomic E-state index is -0.478. The molecule has 164 valence electrons. The number of nitrogens with zero attached hydrogens (tertiary/aromatic N) is 3. The molecule has 8 heteroatoms. The molecule has 0 spiro atoms. The van der Waals surface area contributed by atoms with Crippen molar-refractivity contribution in [2.24, 2.45) is 0 Å². The molecule has 4 amide bonds. The molecule has 1 N–H and O–H groups in total. The van der Waals surface area contributed by atoms with Crippen molar-refractivity contribution in [1.82, 2.24) is 14.7 Å². The Morgan fingerprint density at radius 3 is 2.48 bits per heavy atom. The maximum absolute atomic E-state index is 14.0. The molecule has 0 atom stereocenters. The number of aryl methyl sites for hydroxylation is 1. The maximum atomic E-state index is 14.0. The van der Waals surface area contributed by atoms with Gasteiger partial charge in [0.05, 0.1) is 5.69 Å². The number of rotatable bonds is 4. The van der Waals surface area contributed by atoms with Crippen LogP contribution in [-0.4, -0.2) is 59.0 Å². The van der Waals surface area contributed by atoms with Crippen molar-refractivity contribution in [3.05, 3.63) is 63.9 Å². The molecular formula is C23H26BrFN4O2. The molecule has 2 aliphatic rings. The average molecular weight is 489 g/mol. The van der Waals surface area contributed by atoms with Gasteiger partial charge in [0.15, 0.2) is 0 Å². The number of hydrogen-bond donors (Lipinski definition) is 1. The lowest BCUT2D eigenvalue weighted by Crippen LogP contribution is -2.49. The molecule has 0 radical (unpaired) electrons. The molecule has 2 aromatic carbocycles. The topological polar surface area (TPSA) is 55.9 Å². The van der Waals surface area contributed by atoms with Crippen molar-refractivity contribution < 1.29 is 14.0 Å². The summed E-state index contributed by atoms with van der Waals surface area (Å²) in [7, 11) is 0. The number of carbonyl (C=O) groups is 2. The van der Waals surface area contributed by atoms with E-state index in [1.54, 1.807) is 11.0 Å². The summed E-state index contributed by atoms with van der Waals surface area (Å²) >= 11 is 3.21. The van der Waals surface area contributed by atoms with E-state index in [9.17, 15) is 14.0 Å². The van der Waals surface area contributed by atoms with Gasteiger partial charge in [0.2, 0.25) is 0 Å². The molecule has 0 unspecified atom stereocenters. The van der Waals surface area contributed by atoms with Crippen LogP contribution in [-0.2, 0) is 6.54 Å². The lowest BCUT2D eigenvalue weighted by molar-refractivity contribution is 0.139. The van der Waals surface area contributed by atoms with Crippen LogP contribution in [0.5, 0.6) is 0 Å². The second-order valence-electron chi connectivity index (χ2n) is 8.16. The predicted molar refractivity (Wildman–Crippen MR) is 121 cm³/mol. The first-order valence-corrected chi connectivity index (χ1v) is 11.3. The van der Waals surface area contributed by atoms with Crippen molar-refractivity contribution in [2.75, 3.05) is 31.5 Å². The lowest BCUT2D eigenvalue weighted by Gasteiger charge is -2.36. The van der Waals surface area contributed by atoms with E-state index in [2.05, 4.69) is 52.4 Å². The Morgan fingerprint density at radius 1 is 1.10 bits per heavy atom. The van der Waals surface area contributed by atoms with E-state index >= 15 is 0 Å². The first-order chi connectivity index (χ1) is 14.9. The van der Waals surface area contributed by atoms with Gasteiger partial charge in [-0.05, 0) is 43.5 Å². The molecule has 0 bridgehead atoms. The molecule has 0 aromatic heterocycles. The highest BCUT2D eigenvalue weighted by Gasteiger charge is 2.36. The first-order valence-electron chi connectivity index (χ1n) is 10.5. The number of amides is 4. The molecule has 0 aliphatic carbocycles. The fourth-order valence-electron chi connectivity index (χ4n) is 4.17. The van der Waals surface area contributed by atoms with Crippen molar-refractivity contribution in [3.63, 3.8) is 0 Å². The van der Waals surface area contributed by atoms with Crippen LogP contribution in [0.1, 0.15) is 24.0 Å². The number of anilines is 1. The Labute approximate surface area is 190 Å². The molecule has 2 aromatic rings. The van der Waals surface area contributed by atoms with Crippen LogP contribution in [0.25, 0.3) is 0 Å². The summed E-state index contributed by atoms with van der Waals surface area (Å²) in [6.45, 7) is 5.18. The summed E-state index contributed by atoms with van der Waals surface area (Å²) in [5.41, 5.74) is 2.50. The zero-order chi connectivity index (χ0) is 22.0. The highest BCUT2D eigenvalue weighted by molar-refractivity contribution is 9.10. The number of halogens is 2. The smallest absolute Gasteiger partial charge is 0.321 e. The van der Waals surface area contributed by atoms with Crippen molar-refractivity contribution in [3.8, 4) is 0 Å². The second-order valence-corrected chi connectivity index (χ2v) is 9.07. The maximum Gasteiger partial charge on any atom is 0.321 e. The van der Waals surface area contributed by atoms with Crippen molar-refractivity contribution in [1.29, 1.82) is 0 Å². The molecular weight excluding hydrogens is 463 g/mol. The fourth-order valence-corrected chi connectivity index (χ4v) is 4.50. The Kier molecular flexibility index (Phi) is 6.46. The molecule has 2 fully saturated rings. The summed E-state index contributed by atoms with van der Waals surface area (Å²) in [6.07, 6.45) is 1.45. The Balaban J connectivity index is 1.29. The van der Waals surface area contributed by atoms with Gasteiger partial charge in [-0.2, -0.15) is 0 Å². The zero-order valence-corrected chi connectivity index (χ0v) is 19.1. The van der Waals surface area contributed by atoms with Gasteiger partial charge in [-0.1, -0.05) is 45.8 Å². The molecule has 31 heavy (non-hydrogen) atoms.